The highest BCUT2D eigenvalue weighted by molar-refractivity contribution is 6.76. The van der Waals surface area contributed by atoms with Crippen molar-refractivity contribution in [2.75, 3.05) is 19.7 Å². The maximum atomic E-state index is 14.5. The predicted octanol–water partition coefficient (Wildman–Crippen LogP) is 8.54. The number of hydrogen-bond acceptors (Lipinski definition) is 4. The van der Waals surface area contributed by atoms with E-state index in [0.717, 1.165) is 29.0 Å². The molecule has 11 heteroatoms. The summed E-state index contributed by atoms with van der Waals surface area (Å²) in [6, 6.07) is 10.1. The fourth-order valence-corrected chi connectivity index (χ4v) is 6.06. The van der Waals surface area contributed by atoms with Crippen molar-refractivity contribution in [1.29, 1.82) is 0 Å². The number of pyridine rings is 1. The Morgan fingerprint density at radius 1 is 1.12 bits per heavy atom. The third-order valence-corrected chi connectivity index (χ3v) is 9.20. The van der Waals surface area contributed by atoms with E-state index in [1.165, 1.54) is 0 Å². The second-order valence-corrected chi connectivity index (χ2v) is 18.9. The largest absolute Gasteiger partial charge is 0.444 e. The molecule has 0 fully saturated rings. The number of aromatic amines is 1. The van der Waals surface area contributed by atoms with Crippen LogP contribution in [0.2, 0.25) is 25.7 Å². The molecule has 1 aromatic carbocycles. The summed E-state index contributed by atoms with van der Waals surface area (Å²) in [5.74, 6) is 0. The van der Waals surface area contributed by atoms with E-state index in [1.807, 2.05) is 55.7 Å². The number of amides is 1. The maximum absolute atomic E-state index is 14.5. The molecule has 0 spiro atoms. The highest BCUT2D eigenvalue weighted by atomic mass is 28.3. The molecule has 4 heterocycles. The van der Waals surface area contributed by atoms with Crippen molar-refractivity contribution in [3.8, 4) is 11.1 Å². The van der Waals surface area contributed by atoms with Gasteiger partial charge in [0.1, 0.15) is 18.0 Å². The van der Waals surface area contributed by atoms with Crippen molar-refractivity contribution in [3.63, 3.8) is 0 Å². The third-order valence-electron chi connectivity index (χ3n) is 7.49. The van der Waals surface area contributed by atoms with Gasteiger partial charge in [0.2, 0.25) is 0 Å². The Morgan fingerprint density at radius 3 is 2.51 bits per heavy atom. The second-order valence-electron chi connectivity index (χ2n) is 13.2. The summed E-state index contributed by atoms with van der Waals surface area (Å²) < 4.78 is 57.0. The summed E-state index contributed by atoms with van der Waals surface area (Å²) in [4.78, 5) is 21.8. The van der Waals surface area contributed by atoms with Gasteiger partial charge in [0.15, 0.2) is 0 Å². The number of alkyl halides is 3. The van der Waals surface area contributed by atoms with Gasteiger partial charge in [0.25, 0.3) is 0 Å². The first-order valence-corrected chi connectivity index (χ1v) is 18.2. The molecule has 4 aromatic rings. The van der Waals surface area contributed by atoms with Gasteiger partial charge in [0.05, 0.1) is 5.56 Å². The minimum Gasteiger partial charge on any atom is -0.444 e. The summed E-state index contributed by atoms with van der Waals surface area (Å²) >= 11 is 0. The number of para-hydroxylation sites is 1. The molecule has 1 N–H and O–H groups in total. The Morgan fingerprint density at radius 2 is 1.86 bits per heavy atom. The van der Waals surface area contributed by atoms with Crippen LogP contribution in [0.15, 0.2) is 48.8 Å². The predicted molar refractivity (Wildman–Crippen MR) is 167 cm³/mol. The highest BCUT2D eigenvalue weighted by Crippen LogP contribution is 2.44. The fraction of sp³-hybridized carbons (Fsp3) is 0.438. The van der Waals surface area contributed by atoms with Gasteiger partial charge in [-0.2, -0.15) is 13.2 Å². The van der Waals surface area contributed by atoms with Gasteiger partial charge in [-0.1, -0.05) is 43.9 Å². The van der Waals surface area contributed by atoms with E-state index in [0.29, 0.717) is 48.1 Å². The number of carbonyl (C=O) groups excluding carboxylic acids is 1. The van der Waals surface area contributed by atoms with Crippen molar-refractivity contribution in [1.82, 2.24) is 19.4 Å². The summed E-state index contributed by atoms with van der Waals surface area (Å²) in [6.07, 6.45) is 0.0185. The number of carbonyl (C=O) groups is 1. The molecule has 0 radical (unpaired) electrons. The van der Waals surface area contributed by atoms with Crippen LogP contribution in [0.5, 0.6) is 0 Å². The minimum absolute atomic E-state index is 0.0869. The molecular weight excluding hydrogens is 573 g/mol. The minimum atomic E-state index is -4.61. The molecule has 0 aliphatic carbocycles. The zero-order valence-electron chi connectivity index (χ0n) is 25.6. The number of nitrogens with one attached hydrogen (secondary N) is 1. The van der Waals surface area contributed by atoms with Crippen molar-refractivity contribution in [3.05, 3.63) is 60.1 Å². The van der Waals surface area contributed by atoms with E-state index < -0.39 is 31.5 Å². The van der Waals surface area contributed by atoms with E-state index in [9.17, 15) is 18.0 Å². The lowest BCUT2D eigenvalue weighted by molar-refractivity contribution is -0.137. The number of benzene rings is 1. The molecule has 3 aromatic heterocycles. The Bertz CT molecular complexity index is 1680. The van der Waals surface area contributed by atoms with Gasteiger partial charge < -0.3 is 23.9 Å². The molecule has 1 amide bonds. The Labute approximate surface area is 250 Å². The first-order chi connectivity index (χ1) is 20.1. The van der Waals surface area contributed by atoms with Crippen molar-refractivity contribution >= 4 is 41.7 Å². The normalized spacial score (nSPS) is 14.9. The van der Waals surface area contributed by atoms with Gasteiger partial charge in [0, 0.05) is 73.3 Å². The Balaban J connectivity index is 1.62. The topological polar surface area (TPSA) is 72.4 Å². The van der Waals surface area contributed by atoms with E-state index >= 15 is 0 Å². The molecule has 0 unspecified atom stereocenters. The van der Waals surface area contributed by atoms with Crippen LogP contribution in [0.4, 0.5) is 18.0 Å². The second kappa shape index (κ2) is 11.5. The van der Waals surface area contributed by atoms with Crippen LogP contribution < -0.4 is 0 Å². The molecular formula is C32H39F3N4O3Si. The third kappa shape index (κ3) is 6.83. The smallest absolute Gasteiger partial charge is 0.418 e. The van der Waals surface area contributed by atoms with Gasteiger partial charge in [-0.3, -0.25) is 0 Å². The van der Waals surface area contributed by atoms with E-state index in [4.69, 9.17) is 9.47 Å². The molecule has 7 nitrogen and oxygen atoms in total. The van der Waals surface area contributed by atoms with Crippen LogP contribution >= 0.6 is 0 Å². The number of hydrogen-bond donors (Lipinski definition) is 1. The molecule has 1 aliphatic heterocycles. The number of aromatic nitrogens is 3. The number of ether oxygens (including phenoxy) is 2. The lowest BCUT2D eigenvalue weighted by Crippen LogP contribution is -2.39. The first kappa shape index (κ1) is 30.9. The lowest BCUT2D eigenvalue weighted by Gasteiger charge is -2.29. The fourth-order valence-electron chi connectivity index (χ4n) is 5.31. The molecule has 5 rings (SSSR count). The quantitative estimate of drug-likeness (QED) is 0.168. The zero-order valence-corrected chi connectivity index (χ0v) is 26.6. The molecule has 0 saturated heterocycles. The number of fused-ring (bicyclic) bond motifs is 2. The SMILES string of the molecule is CC(C)(C)OC(=O)N1CC=C(c2cc3c(-c4c[nH]c5ccccc45)c(C(F)(F)F)cnc3n2COCC[Si](C)(C)C)CC1. The van der Waals surface area contributed by atoms with Crippen molar-refractivity contribution < 1.29 is 27.4 Å². The number of H-pyrrole nitrogens is 1. The van der Waals surface area contributed by atoms with Crippen molar-refractivity contribution in [2.24, 2.45) is 0 Å². The van der Waals surface area contributed by atoms with Gasteiger partial charge in [-0.05, 0) is 50.9 Å². The number of nitrogens with zero attached hydrogens (tertiary/aromatic N) is 3. The standard InChI is InChI=1S/C32H39F3N4O3Si/c1-31(2,3)42-30(40)38-13-11-21(12-14-38)27-17-23-28(24-18-36-26-10-8-7-9-22(24)26)25(32(33,34)35)19-37-29(23)39(27)20-41-15-16-43(4,5)6/h7-11,17-19,36H,12-16,20H2,1-6H3. The molecule has 0 atom stereocenters. The molecule has 230 valence electrons. The number of rotatable bonds is 7. The van der Waals surface area contributed by atoms with Crippen LogP contribution in [-0.4, -0.2) is 58.9 Å². The van der Waals surface area contributed by atoms with Crippen LogP contribution in [0, 0.1) is 0 Å². The summed E-state index contributed by atoms with van der Waals surface area (Å²) in [5, 5.41) is 1.10. The monoisotopic (exact) mass is 612 g/mol. The van der Waals surface area contributed by atoms with Gasteiger partial charge >= 0.3 is 12.3 Å². The van der Waals surface area contributed by atoms with Crippen LogP contribution in [0.25, 0.3) is 38.6 Å². The zero-order chi connectivity index (χ0) is 31.2. The summed E-state index contributed by atoms with van der Waals surface area (Å²) in [5.41, 5.74) is 1.98. The molecule has 0 saturated carbocycles. The number of halogens is 3. The Kier molecular flexibility index (Phi) is 8.25. The van der Waals surface area contributed by atoms with Gasteiger partial charge in [-0.25, -0.2) is 9.78 Å². The van der Waals surface area contributed by atoms with Crippen LogP contribution in [0.3, 0.4) is 0 Å². The lowest BCUT2D eigenvalue weighted by atomic mass is 9.97. The van der Waals surface area contributed by atoms with E-state index in [1.54, 1.807) is 17.2 Å². The van der Waals surface area contributed by atoms with E-state index in [-0.39, 0.29) is 12.3 Å². The molecule has 1 aliphatic rings. The average molecular weight is 613 g/mol. The average Bonchev–Trinajstić information content (AvgIpc) is 3.50. The molecule has 43 heavy (non-hydrogen) atoms. The highest BCUT2D eigenvalue weighted by Gasteiger charge is 2.37. The van der Waals surface area contributed by atoms with Crippen LogP contribution in [0.1, 0.15) is 38.4 Å². The maximum Gasteiger partial charge on any atom is 0.418 e. The van der Waals surface area contributed by atoms with Crippen LogP contribution in [-0.2, 0) is 22.4 Å². The van der Waals surface area contributed by atoms with E-state index in [2.05, 4.69) is 29.6 Å². The summed E-state index contributed by atoms with van der Waals surface area (Å²) in [7, 11) is -1.35. The van der Waals surface area contributed by atoms with Crippen molar-refractivity contribution in [2.45, 2.75) is 71.4 Å². The first-order valence-electron chi connectivity index (χ1n) is 14.5. The summed E-state index contributed by atoms with van der Waals surface area (Å²) in [6.45, 7) is 13.7. The van der Waals surface area contributed by atoms with Gasteiger partial charge in [-0.15, -0.1) is 0 Å². The Hall–Kier alpha value is -3.57. The molecule has 0 bridgehead atoms.